The molecule has 3 aromatic rings. The van der Waals surface area contributed by atoms with Crippen molar-refractivity contribution in [1.82, 2.24) is 20.4 Å². The predicted octanol–water partition coefficient (Wildman–Crippen LogP) is 2.93. The first kappa shape index (κ1) is 23.9. The van der Waals surface area contributed by atoms with E-state index in [0.717, 1.165) is 22.5 Å². The Morgan fingerprint density at radius 1 is 1.31 bits per heavy atom. The number of aromatic nitrogens is 2. The van der Waals surface area contributed by atoms with Gasteiger partial charge in [-0.3, -0.25) is 14.8 Å². The van der Waals surface area contributed by atoms with Crippen LogP contribution in [0.15, 0.2) is 42.5 Å². The number of carbonyl (C=O) groups is 1. The number of amides is 1. The van der Waals surface area contributed by atoms with Crippen LogP contribution in [0, 0.1) is 5.82 Å². The third-order valence-electron chi connectivity index (χ3n) is 6.30. The average Bonchev–Trinajstić information content (AvgIpc) is 3.55. The van der Waals surface area contributed by atoms with Crippen LogP contribution >= 0.6 is 11.6 Å². The Hall–Kier alpha value is -2.79. The lowest BCUT2D eigenvalue weighted by Crippen LogP contribution is -2.46. The van der Waals surface area contributed by atoms with Crippen LogP contribution in [0.3, 0.4) is 0 Å². The molecule has 3 heterocycles. The van der Waals surface area contributed by atoms with Crippen LogP contribution in [0.2, 0.25) is 5.02 Å². The molecular formula is C24H24ClFN4O4S. The molecule has 0 spiro atoms. The molecule has 1 amide bonds. The number of epoxide rings is 1. The van der Waals surface area contributed by atoms with E-state index in [0.29, 0.717) is 42.3 Å². The molecule has 0 radical (unpaired) electrons. The maximum atomic E-state index is 13.1. The van der Waals surface area contributed by atoms with Gasteiger partial charge in [0.1, 0.15) is 17.3 Å². The fourth-order valence-electron chi connectivity index (χ4n) is 4.51. The highest BCUT2D eigenvalue weighted by Crippen LogP contribution is 2.34. The van der Waals surface area contributed by atoms with Crippen LogP contribution < -0.4 is 5.32 Å². The highest BCUT2D eigenvalue weighted by atomic mass is 35.5. The van der Waals surface area contributed by atoms with Gasteiger partial charge in [-0.1, -0.05) is 17.7 Å². The maximum Gasteiger partial charge on any atom is 0.251 e. The number of sulfone groups is 1. The minimum absolute atomic E-state index is 0.177. The van der Waals surface area contributed by atoms with Gasteiger partial charge in [0.05, 0.1) is 12.3 Å². The number of aromatic amines is 1. The molecule has 0 aliphatic carbocycles. The van der Waals surface area contributed by atoms with Crippen LogP contribution in [0.1, 0.15) is 27.2 Å². The van der Waals surface area contributed by atoms with E-state index < -0.39 is 21.0 Å². The molecule has 2 aliphatic heterocycles. The van der Waals surface area contributed by atoms with Crippen LogP contribution in [0.5, 0.6) is 0 Å². The molecule has 35 heavy (non-hydrogen) atoms. The number of ether oxygens (including phenoxy) is 1. The van der Waals surface area contributed by atoms with E-state index in [2.05, 4.69) is 15.5 Å². The van der Waals surface area contributed by atoms with E-state index in [1.165, 1.54) is 30.5 Å². The summed E-state index contributed by atoms with van der Waals surface area (Å²) in [5, 5.41) is 10.2. The van der Waals surface area contributed by atoms with Gasteiger partial charge in [0.15, 0.2) is 9.84 Å². The summed E-state index contributed by atoms with van der Waals surface area (Å²) in [4.78, 5) is 14.4. The van der Waals surface area contributed by atoms with Crippen molar-refractivity contribution in [3.8, 4) is 11.3 Å². The first-order valence-corrected chi connectivity index (χ1v) is 13.5. The Kier molecular flexibility index (Phi) is 6.39. The quantitative estimate of drug-likeness (QED) is 0.466. The summed E-state index contributed by atoms with van der Waals surface area (Å²) in [6.07, 6.45) is 1.60. The van der Waals surface area contributed by atoms with E-state index in [1.807, 2.05) is 17.0 Å². The normalized spacial score (nSPS) is 18.7. The largest absolute Gasteiger partial charge is 0.370 e. The second kappa shape index (κ2) is 9.34. The Morgan fingerprint density at radius 2 is 2.06 bits per heavy atom. The number of hydrogen-bond acceptors (Lipinski definition) is 6. The number of nitrogens with zero attached hydrogens (tertiary/aromatic N) is 2. The second-order valence-corrected chi connectivity index (χ2v) is 11.4. The molecule has 5 rings (SSSR count). The van der Waals surface area contributed by atoms with E-state index >= 15 is 0 Å². The molecule has 2 unspecified atom stereocenters. The summed E-state index contributed by atoms with van der Waals surface area (Å²) in [7, 11) is -3.33. The first-order valence-electron chi connectivity index (χ1n) is 11.1. The van der Waals surface area contributed by atoms with Crippen LogP contribution in [-0.4, -0.2) is 60.3 Å². The zero-order valence-corrected chi connectivity index (χ0v) is 20.5. The fraction of sp³-hybridized carbons (Fsp3) is 0.333. The topological polar surface area (TPSA) is 108 Å². The standard InChI is InChI=1S/C24H24ClFN4O4S/c1-35(32,33)24(21-13-34-21)30-9-8-20-18(12-30)22(29-28-20)15-4-7-19(25)16(10-15)11-27-23(31)14-2-5-17(26)6-3-14/h2-7,10,21,24H,8-9,11-13H2,1H3,(H,27,31)(H,28,29). The molecule has 0 bridgehead atoms. The smallest absolute Gasteiger partial charge is 0.251 e. The monoisotopic (exact) mass is 518 g/mol. The van der Waals surface area contributed by atoms with Gasteiger partial charge in [-0.05, 0) is 42.0 Å². The van der Waals surface area contributed by atoms with Crippen molar-refractivity contribution in [2.75, 3.05) is 19.4 Å². The summed E-state index contributed by atoms with van der Waals surface area (Å²) in [6, 6.07) is 10.8. The summed E-state index contributed by atoms with van der Waals surface area (Å²) in [5.41, 5.74) is 4.48. The minimum Gasteiger partial charge on any atom is -0.370 e. The van der Waals surface area contributed by atoms with Gasteiger partial charge in [0.2, 0.25) is 0 Å². The van der Waals surface area contributed by atoms with E-state index in [-0.39, 0.29) is 18.6 Å². The zero-order valence-electron chi connectivity index (χ0n) is 18.9. The van der Waals surface area contributed by atoms with Gasteiger partial charge < -0.3 is 10.1 Å². The number of benzene rings is 2. The molecule has 0 saturated carbocycles. The van der Waals surface area contributed by atoms with Gasteiger partial charge in [0.25, 0.3) is 5.91 Å². The maximum absolute atomic E-state index is 13.1. The predicted molar refractivity (Wildman–Crippen MR) is 129 cm³/mol. The van der Waals surface area contributed by atoms with Crippen LogP contribution in [-0.2, 0) is 34.1 Å². The van der Waals surface area contributed by atoms with Gasteiger partial charge >= 0.3 is 0 Å². The van der Waals surface area contributed by atoms with Gasteiger partial charge in [-0.25, -0.2) is 12.8 Å². The van der Waals surface area contributed by atoms with Crippen molar-refractivity contribution in [2.45, 2.75) is 31.0 Å². The van der Waals surface area contributed by atoms with Gasteiger partial charge in [0, 0.05) is 59.7 Å². The number of nitrogens with one attached hydrogen (secondary N) is 2. The van der Waals surface area contributed by atoms with Crippen molar-refractivity contribution in [3.63, 3.8) is 0 Å². The number of rotatable bonds is 7. The van der Waals surface area contributed by atoms with Crippen molar-refractivity contribution in [1.29, 1.82) is 0 Å². The number of halogens is 2. The van der Waals surface area contributed by atoms with Gasteiger partial charge in [-0.2, -0.15) is 5.10 Å². The Bertz CT molecular complexity index is 1370. The average molecular weight is 519 g/mol. The molecule has 2 atom stereocenters. The highest BCUT2D eigenvalue weighted by molar-refractivity contribution is 7.91. The molecule has 184 valence electrons. The lowest BCUT2D eigenvalue weighted by molar-refractivity contribution is 0.0951. The van der Waals surface area contributed by atoms with Crippen LogP contribution in [0.25, 0.3) is 11.3 Å². The van der Waals surface area contributed by atoms with E-state index in [1.54, 1.807) is 6.07 Å². The van der Waals surface area contributed by atoms with Crippen LogP contribution in [0.4, 0.5) is 4.39 Å². The van der Waals surface area contributed by atoms with Crippen molar-refractivity contribution < 1.29 is 22.3 Å². The SMILES string of the molecule is CS(=O)(=O)C(C1CO1)N1CCc2[nH]nc(-c3ccc(Cl)c(CNC(=O)c4ccc(F)cc4)c3)c2C1. The Morgan fingerprint density at radius 3 is 2.74 bits per heavy atom. The fourth-order valence-corrected chi connectivity index (χ4v) is 6.12. The van der Waals surface area contributed by atoms with Crippen molar-refractivity contribution in [2.24, 2.45) is 0 Å². The summed E-state index contributed by atoms with van der Waals surface area (Å²) in [6.45, 7) is 1.64. The molecule has 1 fully saturated rings. The number of hydrogen-bond donors (Lipinski definition) is 2. The summed E-state index contributed by atoms with van der Waals surface area (Å²) >= 11 is 6.39. The van der Waals surface area contributed by atoms with Gasteiger partial charge in [-0.15, -0.1) is 0 Å². The lowest BCUT2D eigenvalue weighted by atomic mass is 9.99. The van der Waals surface area contributed by atoms with Crippen molar-refractivity contribution in [3.05, 3.63) is 75.7 Å². The summed E-state index contributed by atoms with van der Waals surface area (Å²) < 4.78 is 43.3. The van der Waals surface area contributed by atoms with E-state index in [9.17, 15) is 17.6 Å². The minimum atomic E-state index is -3.33. The third-order valence-corrected chi connectivity index (χ3v) is 8.15. The number of H-pyrrole nitrogens is 1. The zero-order chi connectivity index (χ0) is 24.7. The highest BCUT2D eigenvalue weighted by Gasteiger charge is 2.44. The lowest BCUT2D eigenvalue weighted by Gasteiger charge is -2.32. The Balaban J connectivity index is 1.36. The summed E-state index contributed by atoms with van der Waals surface area (Å²) in [5.74, 6) is -0.751. The number of fused-ring (bicyclic) bond motifs is 1. The van der Waals surface area contributed by atoms with E-state index in [4.69, 9.17) is 16.3 Å². The molecule has 11 heteroatoms. The molecule has 1 saturated heterocycles. The third kappa shape index (κ3) is 5.11. The first-order chi connectivity index (χ1) is 16.7. The molecular weight excluding hydrogens is 495 g/mol. The molecule has 8 nitrogen and oxygen atoms in total. The second-order valence-electron chi connectivity index (χ2n) is 8.84. The molecule has 2 aromatic carbocycles. The molecule has 2 aliphatic rings. The Labute approximate surface area is 207 Å². The number of carbonyl (C=O) groups excluding carboxylic acids is 1. The van der Waals surface area contributed by atoms with Crippen molar-refractivity contribution >= 4 is 27.3 Å². The molecule has 2 N–H and O–H groups in total. The molecule has 1 aromatic heterocycles.